The fraction of sp³-hybridized carbons (Fsp3) is 0.733. The van der Waals surface area contributed by atoms with Gasteiger partial charge in [0.05, 0.1) is 5.69 Å². The highest BCUT2D eigenvalue weighted by Gasteiger charge is 2.19. The molecule has 1 aromatic rings. The Balaban J connectivity index is 1.49. The van der Waals surface area contributed by atoms with Crippen LogP contribution in [0.15, 0.2) is 0 Å². The lowest BCUT2D eigenvalue weighted by Crippen LogP contribution is -2.24. The summed E-state index contributed by atoms with van der Waals surface area (Å²) in [5.74, 6) is 1.62. The van der Waals surface area contributed by atoms with Gasteiger partial charge in [-0.2, -0.15) is 5.10 Å². The summed E-state index contributed by atoms with van der Waals surface area (Å²) in [6.07, 6.45) is 9.25. The molecular formula is C15H24N4O. The van der Waals surface area contributed by atoms with Crippen LogP contribution < -0.4 is 10.6 Å². The molecule has 0 bridgehead atoms. The van der Waals surface area contributed by atoms with Gasteiger partial charge in [0.2, 0.25) is 5.91 Å². The van der Waals surface area contributed by atoms with Crippen molar-refractivity contribution >= 4 is 11.7 Å². The fourth-order valence-corrected chi connectivity index (χ4v) is 3.35. The van der Waals surface area contributed by atoms with E-state index in [1.807, 2.05) is 0 Å². The number of aromatic nitrogens is 2. The molecule has 2 aliphatic rings. The van der Waals surface area contributed by atoms with E-state index in [-0.39, 0.29) is 5.91 Å². The van der Waals surface area contributed by atoms with E-state index in [1.165, 1.54) is 37.7 Å². The summed E-state index contributed by atoms with van der Waals surface area (Å²) in [6.45, 7) is 1.78. The zero-order chi connectivity index (χ0) is 13.8. The molecule has 3 N–H and O–H groups in total. The smallest absolute Gasteiger partial charge is 0.225 e. The van der Waals surface area contributed by atoms with Gasteiger partial charge in [-0.05, 0) is 25.3 Å². The average molecular weight is 276 g/mol. The minimum absolute atomic E-state index is 0.114. The predicted octanol–water partition coefficient (Wildman–Crippen LogP) is 2.35. The number of carbonyl (C=O) groups is 1. The Morgan fingerprint density at radius 3 is 3.00 bits per heavy atom. The van der Waals surface area contributed by atoms with Crippen molar-refractivity contribution in [3.8, 4) is 0 Å². The Kier molecular flexibility index (Phi) is 4.35. The second-order valence-corrected chi connectivity index (χ2v) is 6.05. The third kappa shape index (κ3) is 3.20. The lowest BCUT2D eigenvalue weighted by atomic mass is 9.86. The first-order valence-electron chi connectivity index (χ1n) is 7.89. The molecule has 1 aliphatic carbocycles. The molecule has 0 atom stereocenters. The summed E-state index contributed by atoms with van der Waals surface area (Å²) in [5.41, 5.74) is 2.29. The third-order valence-corrected chi connectivity index (χ3v) is 4.57. The molecule has 1 aliphatic heterocycles. The van der Waals surface area contributed by atoms with Gasteiger partial charge in [0, 0.05) is 18.5 Å². The minimum Gasteiger partial charge on any atom is -0.311 e. The molecule has 5 heteroatoms. The Morgan fingerprint density at radius 2 is 2.15 bits per heavy atom. The van der Waals surface area contributed by atoms with Crippen LogP contribution in [0.2, 0.25) is 0 Å². The van der Waals surface area contributed by atoms with Crippen LogP contribution in [0.3, 0.4) is 0 Å². The van der Waals surface area contributed by atoms with Crippen molar-refractivity contribution in [1.82, 2.24) is 15.5 Å². The number of hydrogen-bond donors (Lipinski definition) is 3. The fourth-order valence-electron chi connectivity index (χ4n) is 3.35. The topological polar surface area (TPSA) is 69.8 Å². The number of aromatic amines is 1. The molecule has 1 fully saturated rings. The Hall–Kier alpha value is -1.36. The number of hydrogen-bond acceptors (Lipinski definition) is 3. The summed E-state index contributed by atoms with van der Waals surface area (Å²) in [7, 11) is 0. The summed E-state index contributed by atoms with van der Waals surface area (Å²) in [6, 6.07) is 0. The molecule has 1 saturated carbocycles. The van der Waals surface area contributed by atoms with Crippen LogP contribution in [0.5, 0.6) is 0 Å². The van der Waals surface area contributed by atoms with E-state index in [4.69, 9.17) is 0 Å². The van der Waals surface area contributed by atoms with Crippen molar-refractivity contribution in [3.63, 3.8) is 0 Å². The van der Waals surface area contributed by atoms with Gasteiger partial charge in [-0.15, -0.1) is 0 Å². The molecule has 1 aromatic heterocycles. The molecule has 1 amide bonds. The monoisotopic (exact) mass is 276 g/mol. The Labute approximate surface area is 119 Å². The van der Waals surface area contributed by atoms with Gasteiger partial charge >= 0.3 is 0 Å². The summed E-state index contributed by atoms with van der Waals surface area (Å²) < 4.78 is 0. The second-order valence-electron chi connectivity index (χ2n) is 6.05. The van der Waals surface area contributed by atoms with E-state index in [0.717, 1.165) is 43.4 Å². The van der Waals surface area contributed by atoms with E-state index < -0.39 is 0 Å². The molecular weight excluding hydrogens is 252 g/mol. The summed E-state index contributed by atoms with van der Waals surface area (Å²) >= 11 is 0. The van der Waals surface area contributed by atoms with Crippen LogP contribution >= 0.6 is 0 Å². The molecule has 0 spiro atoms. The molecule has 0 unspecified atom stereocenters. The number of fused-ring (bicyclic) bond motifs is 1. The van der Waals surface area contributed by atoms with Crippen LogP contribution in [0.4, 0.5) is 5.82 Å². The van der Waals surface area contributed by atoms with Crippen molar-refractivity contribution in [2.24, 2.45) is 5.92 Å². The van der Waals surface area contributed by atoms with Crippen LogP contribution in [-0.2, 0) is 17.8 Å². The third-order valence-electron chi connectivity index (χ3n) is 4.57. The first-order valence-corrected chi connectivity index (χ1v) is 7.89. The highest BCUT2D eigenvalue weighted by Crippen LogP contribution is 2.27. The molecule has 20 heavy (non-hydrogen) atoms. The van der Waals surface area contributed by atoms with Gasteiger partial charge in [0.25, 0.3) is 0 Å². The van der Waals surface area contributed by atoms with E-state index >= 15 is 0 Å². The van der Waals surface area contributed by atoms with Gasteiger partial charge in [-0.3, -0.25) is 9.89 Å². The lowest BCUT2D eigenvalue weighted by molar-refractivity contribution is -0.116. The first kappa shape index (κ1) is 13.6. The largest absolute Gasteiger partial charge is 0.311 e. The van der Waals surface area contributed by atoms with Gasteiger partial charge in [-0.25, -0.2) is 0 Å². The highest BCUT2D eigenvalue weighted by atomic mass is 16.1. The number of H-pyrrole nitrogens is 1. The maximum atomic E-state index is 12.1. The molecule has 0 saturated heterocycles. The lowest BCUT2D eigenvalue weighted by Gasteiger charge is -2.21. The molecule has 0 aromatic carbocycles. The van der Waals surface area contributed by atoms with E-state index in [1.54, 1.807) is 0 Å². The van der Waals surface area contributed by atoms with Gasteiger partial charge in [0.15, 0.2) is 5.82 Å². The maximum absolute atomic E-state index is 12.1. The second kappa shape index (κ2) is 6.39. The van der Waals surface area contributed by atoms with Crippen LogP contribution in [0, 0.1) is 5.92 Å². The molecule has 2 heterocycles. The van der Waals surface area contributed by atoms with E-state index in [9.17, 15) is 4.79 Å². The van der Waals surface area contributed by atoms with Crippen LogP contribution in [0.1, 0.15) is 56.2 Å². The molecule has 0 radical (unpaired) electrons. The van der Waals surface area contributed by atoms with Crippen molar-refractivity contribution in [3.05, 3.63) is 11.3 Å². The SMILES string of the molecule is O=C(CCC1CCCCC1)Nc1n[nH]c2c1CCNC2. The summed E-state index contributed by atoms with van der Waals surface area (Å²) in [4.78, 5) is 12.1. The van der Waals surface area contributed by atoms with Crippen molar-refractivity contribution in [2.45, 2.75) is 57.9 Å². The predicted molar refractivity (Wildman–Crippen MR) is 78.4 cm³/mol. The number of nitrogens with one attached hydrogen (secondary N) is 3. The quantitative estimate of drug-likeness (QED) is 0.790. The summed E-state index contributed by atoms with van der Waals surface area (Å²) in [5, 5.41) is 13.5. The number of amides is 1. The maximum Gasteiger partial charge on any atom is 0.225 e. The van der Waals surface area contributed by atoms with Gasteiger partial charge in [-0.1, -0.05) is 32.1 Å². The Bertz CT molecular complexity index is 462. The van der Waals surface area contributed by atoms with Crippen molar-refractivity contribution < 1.29 is 4.79 Å². The molecule has 5 nitrogen and oxygen atoms in total. The van der Waals surface area contributed by atoms with Gasteiger partial charge < -0.3 is 10.6 Å². The van der Waals surface area contributed by atoms with E-state index in [2.05, 4.69) is 20.8 Å². The normalized spacial score (nSPS) is 19.6. The zero-order valence-corrected chi connectivity index (χ0v) is 12.0. The van der Waals surface area contributed by atoms with Crippen LogP contribution in [0.25, 0.3) is 0 Å². The minimum atomic E-state index is 0.114. The molecule has 3 rings (SSSR count). The van der Waals surface area contributed by atoms with E-state index in [0.29, 0.717) is 6.42 Å². The average Bonchev–Trinajstić information content (AvgIpc) is 2.90. The highest BCUT2D eigenvalue weighted by molar-refractivity contribution is 5.90. The first-order chi connectivity index (χ1) is 9.83. The number of anilines is 1. The standard InChI is InChI=1S/C15H24N4O/c20-14(7-6-11-4-2-1-3-5-11)17-15-12-8-9-16-10-13(12)18-19-15/h11,16H,1-10H2,(H2,17,18,19,20). The number of carbonyl (C=O) groups excluding carboxylic acids is 1. The van der Waals surface area contributed by atoms with Gasteiger partial charge in [0.1, 0.15) is 0 Å². The Morgan fingerprint density at radius 1 is 1.30 bits per heavy atom. The van der Waals surface area contributed by atoms with Crippen molar-refractivity contribution in [1.29, 1.82) is 0 Å². The zero-order valence-electron chi connectivity index (χ0n) is 12.0. The molecule has 110 valence electrons. The number of rotatable bonds is 4. The van der Waals surface area contributed by atoms with Crippen molar-refractivity contribution in [2.75, 3.05) is 11.9 Å². The van der Waals surface area contributed by atoms with Crippen LogP contribution in [-0.4, -0.2) is 22.6 Å². The number of nitrogens with zero attached hydrogens (tertiary/aromatic N) is 1.